The van der Waals surface area contributed by atoms with E-state index in [1.165, 1.54) is 0 Å². The van der Waals surface area contributed by atoms with Gasteiger partial charge in [0.2, 0.25) is 16.0 Å². The molecule has 1 aliphatic rings. The smallest absolute Gasteiger partial charge is 0.242 e. The maximum absolute atomic E-state index is 11.5. The summed E-state index contributed by atoms with van der Waals surface area (Å²) in [6, 6.07) is 7.50. The van der Waals surface area contributed by atoms with Gasteiger partial charge in [-0.3, -0.25) is 9.12 Å². The van der Waals surface area contributed by atoms with Crippen LogP contribution in [0.1, 0.15) is 35.4 Å². The minimum absolute atomic E-state index is 0.187. The molecule has 0 saturated heterocycles. The molecule has 0 unspecified atom stereocenters. The molecule has 7 nitrogen and oxygen atoms in total. The summed E-state index contributed by atoms with van der Waals surface area (Å²) in [6.45, 7) is 2.34. The average Bonchev–Trinajstić information content (AvgIpc) is 3.34. The fraction of sp³-hybridized carbons (Fsp3) is 0.333. The second kappa shape index (κ2) is 6.69. The maximum atomic E-state index is 11.5. The summed E-state index contributed by atoms with van der Waals surface area (Å²) in [6.07, 6.45) is 5.20. The fourth-order valence-electron chi connectivity index (χ4n) is 3.06. The van der Waals surface area contributed by atoms with Gasteiger partial charge in [0.1, 0.15) is 12.4 Å². The predicted molar refractivity (Wildman–Crippen MR) is 104 cm³/mol. The third-order valence-electron chi connectivity index (χ3n) is 4.37. The van der Waals surface area contributed by atoms with Crippen LogP contribution < -0.4 is 9.46 Å². The van der Waals surface area contributed by atoms with Crippen LogP contribution in [0.25, 0.3) is 5.65 Å². The number of pyridine rings is 1. The number of ether oxygens (including phenoxy) is 1. The highest BCUT2D eigenvalue weighted by Gasteiger charge is 2.27. The van der Waals surface area contributed by atoms with Gasteiger partial charge in [0, 0.05) is 11.2 Å². The number of hydrogen-bond acceptors (Lipinski definition) is 5. The highest BCUT2D eigenvalue weighted by atomic mass is 35.5. The molecule has 0 spiro atoms. The third kappa shape index (κ3) is 4.17. The van der Waals surface area contributed by atoms with Gasteiger partial charge in [-0.2, -0.15) is 0 Å². The number of aryl methyl sites for hydroxylation is 1. The molecule has 4 rings (SSSR count). The van der Waals surface area contributed by atoms with Crippen LogP contribution in [-0.4, -0.2) is 29.3 Å². The Morgan fingerprint density at radius 3 is 2.70 bits per heavy atom. The third-order valence-corrected chi connectivity index (χ3v) is 5.14. The van der Waals surface area contributed by atoms with E-state index in [1.807, 2.05) is 31.3 Å². The predicted octanol–water partition coefficient (Wildman–Crippen LogP) is 3.52. The SMILES string of the molecule is Cc1cc(Cl)cc(OCc2cc3nnc(NS(C)(=O)=O)n3cc2C2CC2)c1. The monoisotopic (exact) mass is 406 g/mol. The number of aromatic nitrogens is 3. The molecule has 1 fully saturated rings. The first-order valence-corrected chi connectivity index (χ1v) is 10.8. The van der Waals surface area contributed by atoms with E-state index in [-0.39, 0.29) is 5.95 Å². The van der Waals surface area contributed by atoms with Crippen molar-refractivity contribution in [2.24, 2.45) is 0 Å². The van der Waals surface area contributed by atoms with Crippen LogP contribution >= 0.6 is 11.6 Å². The Morgan fingerprint density at radius 1 is 1.26 bits per heavy atom. The molecule has 2 aromatic heterocycles. The van der Waals surface area contributed by atoms with Gasteiger partial charge in [-0.25, -0.2) is 8.42 Å². The van der Waals surface area contributed by atoms with E-state index in [0.29, 0.717) is 28.9 Å². The molecule has 0 aliphatic heterocycles. The van der Waals surface area contributed by atoms with E-state index in [1.54, 1.807) is 10.5 Å². The lowest BCUT2D eigenvalue weighted by Crippen LogP contribution is -2.12. The van der Waals surface area contributed by atoms with E-state index >= 15 is 0 Å². The van der Waals surface area contributed by atoms with Crippen molar-refractivity contribution in [2.45, 2.75) is 32.3 Å². The zero-order valence-corrected chi connectivity index (χ0v) is 16.5. The molecule has 1 aromatic carbocycles. The number of hydrogen-bond donors (Lipinski definition) is 1. The maximum Gasteiger partial charge on any atom is 0.242 e. The fourth-order valence-corrected chi connectivity index (χ4v) is 3.81. The van der Waals surface area contributed by atoms with Crippen molar-refractivity contribution in [2.75, 3.05) is 11.0 Å². The summed E-state index contributed by atoms with van der Waals surface area (Å²) in [5, 5.41) is 8.66. The van der Waals surface area contributed by atoms with Crippen LogP contribution in [0.3, 0.4) is 0 Å². The standard InChI is InChI=1S/C18H19ClN4O3S/c1-11-5-14(19)8-15(6-11)26-10-13-7-17-20-21-18(22-27(2,24)25)23(17)9-16(13)12-3-4-12/h5-9,12H,3-4,10H2,1-2H3,(H,21,22). The topological polar surface area (TPSA) is 85.6 Å². The second-order valence-electron chi connectivity index (χ2n) is 6.91. The lowest BCUT2D eigenvalue weighted by molar-refractivity contribution is 0.304. The van der Waals surface area contributed by atoms with Crippen molar-refractivity contribution in [1.82, 2.24) is 14.6 Å². The first-order chi connectivity index (χ1) is 12.8. The molecule has 3 aromatic rings. The zero-order valence-electron chi connectivity index (χ0n) is 14.9. The number of nitrogens with zero attached hydrogens (tertiary/aromatic N) is 3. The molecule has 0 bridgehead atoms. The lowest BCUT2D eigenvalue weighted by atomic mass is 10.1. The summed E-state index contributed by atoms with van der Waals surface area (Å²) >= 11 is 6.10. The number of rotatable bonds is 6. The number of fused-ring (bicyclic) bond motifs is 1. The van der Waals surface area contributed by atoms with Gasteiger partial charge < -0.3 is 4.74 Å². The molecule has 1 saturated carbocycles. The molecular weight excluding hydrogens is 388 g/mol. The summed E-state index contributed by atoms with van der Waals surface area (Å²) in [7, 11) is -3.43. The van der Waals surface area contributed by atoms with E-state index in [4.69, 9.17) is 16.3 Å². The Morgan fingerprint density at radius 2 is 2.04 bits per heavy atom. The number of anilines is 1. The van der Waals surface area contributed by atoms with Crippen molar-refractivity contribution in [3.05, 3.63) is 52.2 Å². The van der Waals surface area contributed by atoms with Gasteiger partial charge in [0.25, 0.3) is 0 Å². The first kappa shape index (κ1) is 18.1. The molecule has 0 atom stereocenters. The van der Waals surface area contributed by atoms with Crippen LogP contribution in [0.15, 0.2) is 30.5 Å². The summed E-state index contributed by atoms with van der Waals surface area (Å²) in [4.78, 5) is 0. The number of sulfonamides is 1. The van der Waals surface area contributed by atoms with Crippen molar-refractivity contribution >= 4 is 33.2 Å². The Hall–Kier alpha value is -2.32. The quantitative estimate of drug-likeness (QED) is 0.676. The molecule has 1 N–H and O–H groups in total. The molecule has 9 heteroatoms. The number of halogens is 1. The van der Waals surface area contributed by atoms with Crippen LogP contribution in [0.4, 0.5) is 5.95 Å². The molecule has 0 amide bonds. The van der Waals surface area contributed by atoms with Crippen molar-refractivity contribution in [1.29, 1.82) is 0 Å². The molecule has 142 valence electrons. The molecular formula is C18H19ClN4O3S. The van der Waals surface area contributed by atoms with E-state index in [9.17, 15) is 8.42 Å². The molecule has 2 heterocycles. The highest BCUT2D eigenvalue weighted by Crippen LogP contribution is 2.42. The van der Waals surface area contributed by atoms with Gasteiger partial charge in [0.15, 0.2) is 5.65 Å². The first-order valence-electron chi connectivity index (χ1n) is 8.54. The summed E-state index contributed by atoms with van der Waals surface area (Å²) < 4.78 is 33.1. The second-order valence-corrected chi connectivity index (χ2v) is 9.09. The van der Waals surface area contributed by atoms with Gasteiger partial charge in [-0.1, -0.05) is 11.6 Å². The Bertz CT molecular complexity index is 1100. The normalized spacial score (nSPS) is 14.5. The summed E-state index contributed by atoms with van der Waals surface area (Å²) in [5.41, 5.74) is 3.73. The van der Waals surface area contributed by atoms with Crippen LogP contribution in [0, 0.1) is 6.92 Å². The summed E-state index contributed by atoms with van der Waals surface area (Å²) in [5.74, 6) is 1.34. The Labute approximate surface area is 162 Å². The molecule has 27 heavy (non-hydrogen) atoms. The average molecular weight is 407 g/mol. The van der Waals surface area contributed by atoms with E-state index < -0.39 is 10.0 Å². The van der Waals surface area contributed by atoms with Gasteiger partial charge in [0.05, 0.1) is 6.26 Å². The minimum Gasteiger partial charge on any atom is -0.489 e. The van der Waals surface area contributed by atoms with Gasteiger partial charge in [-0.15, -0.1) is 10.2 Å². The number of nitrogens with one attached hydrogen (secondary N) is 1. The van der Waals surface area contributed by atoms with Crippen LogP contribution in [-0.2, 0) is 16.6 Å². The minimum atomic E-state index is -3.43. The van der Waals surface area contributed by atoms with Crippen LogP contribution in [0.5, 0.6) is 5.75 Å². The van der Waals surface area contributed by atoms with Crippen molar-refractivity contribution in [3.8, 4) is 5.75 Å². The lowest BCUT2D eigenvalue weighted by Gasteiger charge is -2.13. The molecule has 1 aliphatic carbocycles. The zero-order chi connectivity index (χ0) is 19.2. The van der Waals surface area contributed by atoms with Crippen LogP contribution in [0.2, 0.25) is 5.02 Å². The highest BCUT2D eigenvalue weighted by molar-refractivity contribution is 7.92. The van der Waals surface area contributed by atoms with E-state index in [2.05, 4.69) is 14.9 Å². The Balaban J connectivity index is 1.67. The Kier molecular flexibility index (Phi) is 4.47. The van der Waals surface area contributed by atoms with Crippen molar-refractivity contribution < 1.29 is 13.2 Å². The van der Waals surface area contributed by atoms with Crippen molar-refractivity contribution in [3.63, 3.8) is 0 Å². The largest absolute Gasteiger partial charge is 0.489 e. The van der Waals surface area contributed by atoms with Gasteiger partial charge in [-0.05, 0) is 66.6 Å². The van der Waals surface area contributed by atoms with E-state index in [0.717, 1.165) is 35.8 Å². The number of benzene rings is 1. The van der Waals surface area contributed by atoms with Gasteiger partial charge >= 0.3 is 0 Å². The molecule has 0 radical (unpaired) electrons.